The molecule has 0 saturated heterocycles. The van der Waals surface area contributed by atoms with Gasteiger partial charge in [0.1, 0.15) is 0 Å². The zero-order chi connectivity index (χ0) is 12.1. The van der Waals surface area contributed by atoms with Crippen LogP contribution >= 0.6 is 0 Å². The normalized spacial score (nSPS) is 23.2. The number of ether oxygens (including phenoxy) is 1. The molecule has 1 saturated carbocycles. The van der Waals surface area contributed by atoms with Gasteiger partial charge in [0.05, 0.1) is 18.4 Å². The van der Waals surface area contributed by atoms with Crippen molar-refractivity contribution in [1.29, 1.82) is 0 Å². The van der Waals surface area contributed by atoms with E-state index in [4.69, 9.17) is 9.84 Å². The highest BCUT2D eigenvalue weighted by Gasteiger charge is 2.48. The van der Waals surface area contributed by atoms with Crippen LogP contribution in [0.3, 0.4) is 0 Å². The van der Waals surface area contributed by atoms with Crippen LogP contribution < -0.4 is 5.32 Å². The topological polar surface area (TPSA) is 75.6 Å². The van der Waals surface area contributed by atoms with Crippen molar-refractivity contribution in [2.24, 2.45) is 17.8 Å². The van der Waals surface area contributed by atoms with Gasteiger partial charge in [-0.1, -0.05) is 13.8 Å². The molecule has 1 aliphatic carbocycles. The Labute approximate surface area is 95.2 Å². The van der Waals surface area contributed by atoms with Crippen LogP contribution in [0.15, 0.2) is 0 Å². The summed E-state index contributed by atoms with van der Waals surface area (Å²) in [6.45, 7) is 5.72. The molecule has 1 rings (SSSR count). The lowest BCUT2D eigenvalue weighted by Gasteiger charge is -2.07. The Morgan fingerprint density at radius 2 is 2.12 bits per heavy atom. The number of nitrogens with one attached hydrogen (secondary N) is 1. The molecule has 5 heteroatoms. The van der Waals surface area contributed by atoms with Crippen molar-refractivity contribution in [1.82, 2.24) is 5.32 Å². The second-order valence-electron chi connectivity index (χ2n) is 4.55. The second-order valence-corrected chi connectivity index (χ2v) is 4.55. The van der Waals surface area contributed by atoms with Crippen molar-refractivity contribution in [3.05, 3.63) is 0 Å². The van der Waals surface area contributed by atoms with E-state index < -0.39 is 11.9 Å². The van der Waals surface area contributed by atoms with Crippen LogP contribution in [0.5, 0.6) is 0 Å². The summed E-state index contributed by atoms with van der Waals surface area (Å²) in [7, 11) is 0. The number of hydrogen-bond acceptors (Lipinski definition) is 3. The Kier molecular flexibility index (Phi) is 4.73. The van der Waals surface area contributed by atoms with E-state index >= 15 is 0 Å². The van der Waals surface area contributed by atoms with Crippen LogP contribution in [0, 0.1) is 17.8 Å². The number of hydrogen-bond donors (Lipinski definition) is 2. The third kappa shape index (κ3) is 4.18. The van der Waals surface area contributed by atoms with Gasteiger partial charge in [-0.05, 0) is 12.3 Å². The summed E-state index contributed by atoms with van der Waals surface area (Å²) in [5.74, 6) is -1.37. The Morgan fingerprint density at radius 1 is 1.44 bits per heavy atom. The number of rotatable bonds is 7. The molecule has 16 heavy (non-hydrogen) atoms. The van der Waals surface area contributed by atoms with Gasteiger partial charge in [0.2, 0.25) is 5.91 Å². The van der Waals surface area contributed by atoms with E-state index in [2.05, 4.69) is 19.2 Å². The van der Waals surface area contributed by atoms with Crippen LogP contribution in [-0.2, 0) is 14.3 Å². The number of aliphatic carboxylic acids is 1. The van der Waals surface area contributed by atoms with E-state index in [-0.39, 0.29) is 11.8 Å². The number of carboxylic acid groups (broad SMARTS) is 1. The molecular weight excluding hydrogens is 210 g/mol. The molecule has 0 aromatic heterocycles. The van der Waals surface area contributed by atoms with Crippen LogP contribution in [0.4, 0.5) is 0 Å². The summed E-state index contributed by atoms with van der Waals surface area (Å²) >= 11 is 0. The highest BCUT2D eigenvalue weighted by Crippen LogP contribution is 2.38. The SMILES string of the molecule is CC(C)COCCNC(=O)[C@@H]1C[C@@H]1C(=O)O. The molecule has 0 bridgehead atoms. The number of carbonyl (C=O) groups excluding carboxylic acids is 1. The van der Waals surface area contributed by atoms with Crippen molar-refractivity contribution < 1.29 is 19.4 Å². The molecule has 0 unspecified atom stereocenters. The van der Waals surface area contributed by atoms with Gasteiger partial charge in [-0.15, -0.1) is 0 Å². The average molecular weight is 229 g/mol. The van der Waals surface area contributed by atoms with Gasteiger partial charge in [-0.2, -0.15) is 0 Å². The van der Waals surface area contributed by atoms with Gasteiger partial charge in [-0.3, -0.25) is 9.59 Å². The molecular formula is C11H19NO4. The maximum Gasteiger partial charge on any atom is 0.307 e. The summed E-state index contributed by atoms with van der Waals surface area (Å²) in [4.78, 5) is 21.9. The number of amides is 1. The van der Waals surface area contributed by atoms with Crippen LogP contribution in [0.2, 0.25) is 0 Å². The standard InChI is InChI=1S/C11H19NO4/c1-7(2)6-16-4-3-12-10(13)8-5-9(8)11(14)15/h7-9H,3-6H2,1-2H3,(H,12,13)(H,14,15)/t8-,9+/m1/s1. The van der Waals surface area contributed by atoms with Gasteiger partial charge < -0.3 is 15.2 Å². The van der Waals surface area contributed by atoms with Gasteiger partial charge in [0, 0.05) is 13.2 Å². The average Bonchev–Trinajstić information content (AvgIpc) is 2.95. The first-order chi connectivity index (χ1) is 7.52. The van der Waals surface area contributed by atoms with Crippen LogP contribution in [0.25, 0.3) is 0 Å². The summed E-state index contributed by atoms with van der Waals surface area (Å²) in [5, 5.41) is 11.3. The lowest BCUT2D eigenvalue weighted by atomic mass is 10.2. The summed E-state index contributed by atoms with van der Waals surface area (Å²) in [6, 6.07) is 0. The van der Waals surface area contributed by atoms with Gasteiger partial charge >= 0.3 is 5.97 Å². The monoisotopic (exact) mass is 229 g/mol. The minimum absolute atomic E-state index is 0.166. The molecule has 0 spiro atoms. The first kappa shape index (κ1) is 13.0. The molecule has 5 nitrogen and oxygen atoms in total. The van der Waals surface area contributed by atoms with Crippen LogP contribution in [0.1, 0.15) is 20.3 Å². The lowest BCUT2D eigenvalue weighted by Crippen LogP contribution is -2.30. The predicted molar refractivity (Wildman–Crippen MR) is 57.9 cm³/mol. The Hall–Kier alpha value is -1.10. The molecule has 2 atom stereocenters. The lowest BCUT2D eigenvalue weighted by molar-refractivity contribution is -0.140. The Bertz CT molecular complexity index is 265. The van der Waals surface area contributed by atoms with Crippen LogP contribution in [-0.4, -0.2) is 36.7 Å². The highest BCUT2D eigenvalue weighted by atomic mass is 16.5. The van der Waals surface area contributed by atoms with E-state index in [0.29, 0.717) is 32.1 Å². The molecule has 0 heterocycles. The third-order valence-corrected chi connectivity index (χ3v) is 2.44. The van der Waals surface area contributed by atoms with Gasteiger partial charge in [0.15, 0.2) is 0 Å². The largest absolute Gasteiger partial charge is 0.481 e. The summed E-state index contributed by atoms with van der Waals surface area (Å²) < 4.78 is 5.29. The summed E-state index contributed by atoms with van der Waals surface area (Å²) in [5.41, 5.74) is 0. The Balaban J connectivity index is 2.02. The second kappa shape index (κ2) is 5.84. The minimum Gasteiger partial charge on any atom is -0.481 e. The minimum atomic E-state index is -0.879. The van der Waals surface area contributed by atoms with Crippen molar-refractivity contribution in [3.8, 4) is 0 Å². The maximum absolute atomic E-state index is 11.4. The smallest absolute Gasteiger partial charge is 0.307 e. The van der Waals surface area contributed by atoms with Gasteiger partial charge in [0.25, 0.3) is 0 Å². The van der Waals surface area contributed by atoms with Crippen molar-refractivity contribution in [3.63, 3.8) is 0 Å². The molecule has 0 aromatic rings. The fraction of sp³-hybridized carbons (Fsp3) is 0.818. The van der Waals surface area contributed by atoms with E-state index in [1.807, 2.05) is 0 Å². The predicted octanol–water partition coefficient (Wildman–Crippen LogP) is 0.496. The quantitative estimate of drug-likeness (QED) is 0.623. The molecule has 0 aliphatic heterocycles. The van der Waals surface area contributed by atoms with E-state index in [1.54, 1.807) is 0 Å². The number of carboxylic acids is 1. The summed E-state index contributed by atoms with van der Waals surface area (Å²) in [6.07, 6.45) is 0.466. The fourth-order valence-electron chi connectivity index (χ4n) is 1.45. The molecule has 1 aliphatic rings. The zero-order valence-electron chi connectivity index (χ0n) is 9.73. The molecule has 1 amide bonds. The van der Waals surface area contributed by atoms with Gasteiger partial charge in [-0.25, -0.2) is 0 Å². The number of carbonyl (C=O) groups is 2. The zero-order valence-corrected chi connectivity index (χ0v) is 9.73. The molecule has 1 fully saturated rings. The molecule has 92 valence electrons. The van der Waals surface area contributed by atoms with Crippen molar-refractivity contribution in [2.75, 3.05) is 19.8 Å². The highest BCUT2D eigenvalue weighted by molar-refractivity contribution is 5.89. The van der Waals surface area contributed by atoms with Crippen molar-refractivity contribution in [2.45, 2.75) is 20.3 Å². The van der Waals surface area contributed by atoms with E-state index in [1.165, 1.54) is 0 Å². The third-order valence-electron chi connectivity index (χ3n) is 2.44. The van der Waals surface area contributed by atoms with E-state index in [0.717, 1.165) is 0 Å². The Morgan fingerprint density at radius 3 is 2.62 bits per heavy atom. The molecule has 0 aromatic carbocycles. The van der Waals surface area contributed by atoms with E-state index in [9.17, 15) is 9.59 Å². The fourth-order valence-corrected chi connectivity index (χ4v) is 1.45. The molecule has 2 N–H and O–H groups in total. The first-order valence-corrected chi connectivity index (χ1v) is 5.60. The molecule has 0 radical (unpaired) electrons. The maximum atomic E-state index is 11.4. The van der Waals surface area contributed by atoms with Crippen molar-refractivity contribution >= 4 is 11.9 Å². The first-order valence-electron chi connectivity index (χ1n) is 5.60.